The van der Waals surface area contributed by atoms with Crippen molar-refractivity contribution in [3.05, 3.63) is 54.1 Å². The number of nitrogens with one attached hydrogen (secondary N) is 1. The van der Waals surface area contributed by atoms with E-state index in [4.69, 9.17) is 18.9 Å². The normalized spacial score (nSPS) is 12.5. The van der Waals surface area contributed by atoms with Crippen LogP contribution in [0.4, 0.5) is 5.69 Å². The Labute approximate surface area is 156 Å². The maximum absolute atomic E-state index is 11.8. The summed E-state index contributed by atoms with van der Waals surface area (Å²) in [5.74, 6) is 0.565. The summed E-state index contributed by atoms with van der Waals surface area (Å²) in [5.41, 5.74) is 1.32. The van der Waals surface area contributed by atoms with E-state index in [0.717, 1.165) is 0 Å². The van der Waals surface area contributed by atoms with Crippen molar-refractivity contribution < 1.29 is 28.5 Å². The van der Waals surface area contributed by atoms with Crippen LogP contribution in [0, 0.1) is 0 Å². The molecule has 7 heteroatoms. The van der Waals surface area contributed by atoms with Crippen molar-refractivity contribution in [2.45, 2.75) is 0 Å². The highest BCUT2D eigenvalue weighted by Gasteiger charge is 2.17. The van der Waals surface area contributed by atoms with Gasteiger partial charge >= 0.3 is 5.97 Å². The van der Waals surface area contributed by atoms with Crippen LogP contribution in [-0.4, -0.2) is 38.8 Å². The highest BCUT2D eigenvalue weighted by atomic mass is 16.6. The second-order valence-corrected chi connectivity index (χ2v) is 5.60. The van der Waals surface area contributed by atoms with E-state index >= 15 is 0 Å². The van der Waals surface area contributed by atoms with Gasteiger partial charge in [-0.05, 0) is 35.9 Å². The Morgan fingerprint density at radius 3 is 2.70 bits per heavy atom. The third-order valence-electron chi connectivity index (χ3n) is 3.67. The van der Waals surface area contributed by atoms with Crippen molar-refractivity contribution in [3.8, 4) is 17.2 Å². The van der Waals surface area contributed by atoms with E-state index in [0.29, 0.717) is 41.7 Å². The third-order valence-corrected chi connectivity index (χ3v) is 3.67. The maximum atomic E-state index is 11.8. The summed E-state index contributed by atoms with van der Waals surface area (Å²) in [7, 11) is 1.53. The molecule has 1 aliphatic heterocycles. The molecule has 2 aromatic carbocycles. The molecule has 0 bridgehead atoms. The van der Waals surface area contributed by atoms with Gasteiger partial charge in [-0.15, -0.1) is 0 Å². The zero-order chi connectivity index (χ0) is 19.1. The number of carbonyl (C=O) groups is 2. The number of anilines is 1. The van der Waals surface area contributed by atoms with Crippen molar-refractivity contribution in [3.63, 3.8) is 0 Å². The predicted molar refractivity (Wildman–Crippen MR) is 99.0 cm³/mol. The Kier molecular flexibility index (Phi) is 5.94. The van der Waals surface area contributed by atoms with Gasteiger partial charge in [0, 0.05) is 11.8 Å². The van der Waals surface area contributed by atoms with E-state index in [1.807, 2.05) is 6.07 Å². The molecule has 0 saturated heterocycles. The number of para-hydroxylation sites is 1. The Balaban J connectivity index is 1.56. The summed E-state index contributed by atoms with van der Waals surface area (Å²) in [5, 5.41) is 2.63. The zero-order valence-corrected chi connectivity index (χ0v) is 14.8. The van der Waals surface area contributed by atoms with Gasteiger partial charge in [-0.2, -0.15) is 0 Å². The third kappa shape index (κ3) is 5.01. The van der Waals surface area contributed by atoms with Crippen molar-refractivity contribution in [2.24, 2.45) is 0 Å². The average Bonchev–Trinajstić information content (AvgIpc) is 2.70. The molecule has 0 fully saturated rings. The Hall–Kier alpha value is -3.48. The highest BCUT2D eigenvalue weighted by Crippen LogP contribution is 2.40. The van der Waals surface area contributed by atoms with Crippen LogP contribution in [0.3, 0.4) is 0 Å². The first-order chi connectivity index (χ1) is 13.2. The molecule has 0 radical (unpaired) electrons. The van der Waals surface area contributed by atoms with Gasteiger partial charge in [0.15, 0.2) is 18.1 Å². The highest BCUT2D eigenvalue weighted by molar-refractivity contribution is 5.94. The molecule has 1 amide bonds. The van der Waals surface area contributed by atoms with Crippen molar-refractivity contribution in [2.75, 3.05) is 32.2 Å². The topological polar surface area (TPSA) is 83.1 Å². The lowest BCUT2D eigenvalue weighted by Gasteiger charge is -2.20. The van der Waals surface area contributed by atoms with Gasteiger partial charge in [0.25, 0.3) is 5.91 Å². The van der Waals surface area contributed by atoms with Gasteiger partial charge < -0.3 is 24.3 Å². The van der Waals surface area contributed by atoms with Crippen LogP contribution in [0.2, 0.25) is 0 Å². The van der Waals surface area contributed by atoms with Crippen molar-refractivity contribution >= 4 is 23.6 Å². The van der Waals surface area contributed by atoms with Crippen LogP contribution in [0.15, 0.2) is 48.5 Å². The van der Waals surface area contributed by atoms with Crippen LogP contribution in [-0.2, 0) is 14.3 Å². The standard InChI is InChI=1S/C20H19NO6/c1-24-16-11-14(12-17-20(16)26-10-9-25-17)7-8-19(23)27-13-18(22)21-15-5-3-2-4-6-15/h2-8,11-12H,9-10,13H2,1H3,(H,21,22)/b8-7+. The smallest absolute Gasteiger partial charge is 0.331 e. The van der Waals surface area contributed by atoms with E-state index in [1.165, 1.54) is 13.2 Å². The lowest BCUT2D eigenvalue weighted by molar-refractivity contribution is -0.142. The van der Waals surface area contributed by atoms with Crippen molar-refractivity contribution in [1.29, 1.82) is 0 Å². The minimum absolute atomic E-state index is 0.372. The van der Waals surface area contributed by atoms with E-state index in [9.17, 15) is 9.59 Å². The number of hydrogen-bond donors (Lipinski definition) is 1. The number of carbonyl (C=O) groups excluding carboxylic acids is 2. The summed E-state index contributed by atoms with van der Waals surface area (Å²) in [4.78, 5) is 23.6. The lowest BCUT2D eigenvalue weighted by atomic mass is 10.1. The minimum Gasteiger partial charge on any atom is -0.493 e. The van der Waals surface area contributed by atoms with Crippen molar-refractivity contribution in [1.82, 2.24) is 0 Å². The van der Waals surface area contributed by atoms with E-state index in [1.54, 1.807) is 42.5 Å². The molecule has 0 aliphatic carbocycles. The summed E-state index contributed by atoms with van der Waals surface area (Å²) in [6, 6.07) is 12.4. The lowest BCUT2D eigenvalue weighted by Crippen LogP contribution is -2.20. The zero-order valence-electron chi connectivity index (χ0n) is 14.8. The molecule has 2 aromatic rings. The summed E-state index contributed by atoms with van der Waals surface area (Å²) in [6.07, 6.45) is 2.79. The first-order valence-electron chi connectivity index (χ1n) is 8.33. The molecule has 0 spiro atoms. The Bertz CT molecular complexity index is 830. The second kappa shape index (κ2) is 8.75. The van der Waals surface area contributed by atoms with Gasteiger partial charge in [0.1, 0.15) is 13.2 Å². The first kappa shape index (κ1) is 18.3. The Morgan fingerprint density at radius 1 is 1.15 bits per heavy atom. The number of hydrogen-bond acceptors (Lipinski definition) is 6. The van der Waals surface area contributed by atoms with Gasteiger partial charge in [-0.25, -0.2) is 4.79 Å². The molecule has 7 nitrogen and oxygen atoms in total. The van der Waals surface area contributed by atoms with E-state index in [2.05, 4.69) is 5.32 Å². The molecule has 1 N–H and O–H groups in total. The number of benzene rings is 2. The Morgan fingerprint density at radius 2 is 1.93 bits per heavy atom. The van der Waals surface area contributed by atoms with E-state index in [-0.39, 0.29) is 6.61 Å². The number of amides is 1. The quantitative estimate of drug-likeness (QED) is 0.623. The average molecular weight is 369 g/mol. The molecule has 140 valence electrons. The van der Waals surface area contributed by atoms with Crippen LogP contribution in [0.1, 0.15) is 5.56 Å². The number of fused-ring (bicyclic) bond motifs is 1. The fourth-order valence-corrected chi connectivity index (χ4v) is 2.46. The summed E-state index contributed by atoms with van der Waals surface area (Å²) in [6.45, 7) is 0.528. The molecule has 0 unspecified atom stereocenters. The fraction of sp³-hybridized carbons (Fsp3) is 0.200. The number of esters is 1. The van der Waals surface area contributed by atoms with Crippen LogP contribution in [0.5, 0.6) is 17.2 Å². The number of rotatable bonds is 6. The first-order valence-corrected chi connectivity index (χ1v) is 8.33. The predicted octanol–water partition coefficient (Wildman–Crippen LogP) is 2.66. The van der Waals surface area contributed by atoms with Gasteiger partial charge in [-0.3, -0.25) is 4.79 Å². The molecular weight excluding hydrogens is 350 g/mol. The minimum atomic E-state index is -0.632. The SMILES string of the molecule is COc1cc(/C=C/C(=O)OCC(=O)Nc2ccccc2)cc2c1OCCO2. The summed E-state index contributed by atoms with van der Waals surface area (Å²) < 4.78 is 21.3. The molecular formula is C20H19NO6. The molecule has 1 aliphatic rings. The van der Waals surface area contributed by atoms with Crippen LogP contribution in [0.25, 0.3) is 6.08 Å². The molecule has 0 saturated carbocycles. The monoisotopic (exact) mass is 369 g/mol. The van der Waals surface area contributed by atoms with Crippen LogP contribution >= 0.6 is 0 Å². The molecule has 3 rings (SSSR count). The van der Waals surface area contributed by atoms with E-state index < -0.39 is 11.9 Å². The summed E-state index contributed by atoms with van der Waals surface area (Å²) >= 11 is 0. The molecule has 27 heavy (non-hydrogen) atoms. The maximum Gasteiger partial charge on any atom is 0.331 e. The molecule has 1 heterocycles. The van der Waals surface area contributed by atoms with Gasteiger partial charge in [0.2, 0.25) is 5.75 Å². The fourth-order valence-electron chi connectivity index (χ4n) is 2.46. The van der Waals surface area contributed by atoms with Gasteiger partial charge in [-0.1, -0.05) is 18.2 Å². The van der Waals surface area contributed by atoms with Crippen LogP contribution < -0.4 is 19.5 Å². The second-order valence-electron chi connectivity index (χ2n) is 5.60. The molecule has 0 atom stereocenters. The van der Waals surface area contributed by atoms with Gasteiger partial charge in [0.05, 0.1) is 7.11 Å². The molecule has 0 aromatic heterocycles. The largest absolute Gasteiger partial charge is 0.493 e. The number of ether oxygens (including phenoxy) is 4. The number of methoxy groups -OCH3 is 1.